The molecule has 0 spiro atoms. The van der Waals surface area contributed by atoms with Gasteiger partial charge in [0.1, 0.15) is 0 Å². The maximum absolute atomic E-state index is 5.86. The van der Waals surface area contributed by atoms with Crippen LogP contribution < -0.4 is 5.32 Å². The van der Waals surface area contributed by atoms with Gasteiger partial charge in [-0.05, 0) is 24.7 Å². The molecule has 0 unspecified atom stereocenters. The number of rotatable bonds is 5. The summed E-state index contributed by atoms with van der Waals surface area (Å²) < 4.78 is 0. The molecule has 90 valence electrons. The molecule has 0 aliphatic heterocycles. The smallest absolute Gasteiger partial charge is 0.0972 e. The molecule has 0 saturated carbocycles. The SMILES string of the molecule is CNCCc1csc(Cc2ccc(Cl)cc2)n1. The number of likely N-dealkylation sites (N-methyl/N-ethyl adjacent to an activating group) is 1. The minimum atomic E-state index is 0.780. The molecule has 0 amide bonds. The third kappa shape index (κ3) is 3.80. The molecule has 0 aliphatic rings. The maximum Gasteiger partial charge on any atom is 0.0972 e. The summed E-state index contributed by atoms with van der Waals surface area (Å²) in [6, 6.07) is 7.95. The Bertz CT molecular complexity index is 465. The molecular formula is C13H15ClN2S. The van der Waals surface area contributed by atoms with Gasteiger partial charge in [0.05, 0.1) is 10.7 Å². The quantitative estimate of drug-likeness (QED) is 0.899. The molecule has 1 heterocycles. The molecular weight excluding hydrogens is 252 g/mol. The first-order valence-electron chi connectivity index (χ1n) is 5.60. The van der Waals surface area contributed by atoms with Crippen LogP contribution in [0.3, 0.4) is 0 Å². The zero-order valence-electron chi connectivity index (χ0n) is 9.74. The van der Waals surface area contributed by atoms with Gasteiger partial charge in [-0.3, -0.25) is 0 Å². The van der Waals surface area contributed by atoms with Crippen molar-refractivity contribution in [3.05, 3.63) is 50.9 Å². The predicted molar refractivity (Wildman–Crippen MR) is 74.0 cm³/mol. The van der Waals surface area contributed by atoms with E-state index in [1.807, 2.05) is 19.2 Å². The van der Waals surface area contributed by atoms with E-state index in [1.54, 1.807) is 11.3 Å². The topological polar surface area (TPSA) is 24.9 Å². The second-order valence-corrected chi connectivity index (χ2v) is 5.27. The first-order chi connectivity index (χ1) is 8.28. The molecule has 2 nitrogen and oxygen atoms in total. The van der Waals surface area contributed by atoms with Gasteiger partial charge < -0.3 is 5.32 Å². The Morgan fingerprint density at radius 2 is 2.06 bits per heavy atom. The average Bonchev–Trinajstić information content (AvgIpc) is 2.77. The Labute approximate surface area is 111 Å². The summed E-state index contributed by atoms with van der Waals surface area (Å²) in [6.07, 6.45) is 1.88. The normalized spacial score (nSPS) is 10.7. The van der Waals surface area contributed by atoms with Gasteiger partial charge in [-0.1, -0.05) is 23.7 Å². The van der Waals surface area contributed by atoms with Gasteiger partial charge in [0.2, 0.25) is 0 Å². The number of hydrogen-bond donors (Lipinski definition) is 1. The van der Waals surface area contributed by atoms with Crippen molar-refractivity contribution in [3.8, 4) is 0 Å². The van der Waals surface area contributed by atoms with Crippen molar-refractivity contribution in [1.82, 2.24) is 10.3 Å². The Kier molecular flexibility index (Phi) is 4.54. The van der Waals surface area contributed by atoms with Crippen LogP contribution in [0.25, 0.3) is 0 Å². The van der Waals surface area contributed by atoms with Crippen LogP contribution in [0.15, 0.2) is 29.6 Å². The standard InChI is InChI=1S/C13H15ClN2S/c1-15-7-6-12-9-17-13(16-12)8-10-2-4-11(14)5-3-10/h2-5,9,15H,6-8H2,1H3. The molecule has 1 aromatic heterocycles. The largest absolute Gasteiger partial charge is 0.319 e. The lowest BCUT2D eigenvalue weighted by Gasteiger charge is -1.98. The van der Waals surface area contributed by atoms with Crippen LogP contribution in [-0.4, -0.2) is 18.6 Å². The number of halogens is 1. The van der Waals surface area contributed by atoms with E-state index in [0.717, 1.165) is 24.4 Å². The fourth-order valence-corrected chi connectivity index (χ4v) is 2.56. The van der Waals surface area contributed by atoms with Gasteiger partial charge in [0.25, 0.3) is 0 Å². The highest BCUT2D eigenvalue weighted by molar-refractivity contribution is 7.09. The number of benzene rings is 1. The lowest BCUT2D eigenvalue weighted by molar-refractivity contribution is 0.778. The lowest BCUT2D eigenvalue weighted by atomic mass is 10.2. The predicted octanol–water partition coefficient (Wildman–Crippen LogP) is 3.15. The van der Waals surface area contributed by atoms with Crippen LogP contribution in [0, 0.1) is 0 Å². The van der Waals surface area contributed by atoms with E-state index < -0.39 is 0 Å². The Morgan fingerprint density at radius 1 is 1.29 bits per heavy atom. The van der Waals surface area contributed by atoms with Crippen LogP contribution in [-0.2, 0) is 12.8 Å². The molecule has 0 bridgehead atoms. The minimum absolute atomic E-state index is 0.780. The van der Waals surface area contributed by atoms with Crippen molar-refractivity contribution in [2.45, 2.75) is 12.8 Å². The van der Waals surface area contributed by atoms with Crippen LogP contribution in [0.4, 0.5) is 0 Å². The van der Waals surface area contributed by atoms with Crippen LogP contribution in [0.5, 0.6) is 0 Å². The Morgan fingerprint density at radius 3 is 2.76 bits per heavy atom. The Hall–Kier alpha value is -0.900. The molecule has 0 saturated heterocycles. The number of hydrogen-bond acceptors (Lipinski definition) is 3. The fraction of sp³-hybridized carbons (Fsp3) is 0.308. The summed E-state index contributed by atoms with van der Waals surface area (Å²) in [5.41, 5.74) is 2.43. The third-order valence-electron chi connectivity index (χ3n) is 2.50. The van der Waals surface area contributed by atoms with E-state index in [1.165, 1.54) is 16.3 Å². The summed E-state index contributed by atoms with van der Waals surface area (Å²) in [7, 11) is 1.96. The van der Waals surface area contributed by atoms with Crippen molar-refractivity contribution in [3.63, 3.8) is 0 Å². The molecule has 1 aromatic carbocycles. The van der Waals surface area contributed by atoms with Gasteiger partial charge in [0.15, 0.2) is 0 Å². The average molecular weight is 267 g/mol. The number of aromatic nitrogens is 1. The van der Waals surface area contributed by atoms with E-state index in [0.29, 0.717) is 0 Å². The summed E-state index contributed by atoms with van der Waals surface area (Å²) >= 11 is 7.58. The van der Waals surface area contributed by atoms with Crippen LogP contribution in [0.2, 0.25) is 5.02 Å². The van der Waals surface area contributed by atoms with Crippen LogP contribution in [0.1, 0.15) is 16.3 Å². The summed E-state index contributed by atoms with van der Waals surface area (Å²) in [5.74, 6) is 0. The molecule has 0 atom stereocenters. The minimum Gasteiger partial charge on any atom is -0.319 e. The molecule has 0 fully saturated rings. The summed E-state index contributed by atoms with van der Waals surface area (Å²) in [5, 5.41) is 7.22. The van der Waals surface area contributed by atoms with Crippen molar-refractivity contribution in [2.24, 2.45) is 0 Å². The Balaban J connectivity index is 1.98. The van der Waals surface area contributed by atoms with Crippen molar-refractivity contribution < 1.29 is 0 Å². The zero-order valence-corrected chi connectivity index (χ0v) is 11.3. The van der Waals surface area contributed by atoms with Crippen molar-refractivity contribution in [1.29, 1.82) is 0 Å². The molecule has 2 rings (SSSR count). The van der Waals surface area contributed by atoms with Gasteiger partial charge in [-0.25, -0.2) is 4.98 Å². The first kappa shape index (κ1) is 12.6. The highest BCUT2D eigenvalue weighted by atomic mass is 35.5. The highest BCUT2D eigenvalue weighted by Crippen LogP contribution is 2.17. The molecule has 0 aliphatic carbocycles. The number of thiazole rings is 1. The maximum atomic E-state index is 5.86. The van der Waals surface area contributed by atoms with E-state index >= 15 is 0 Å². The second-order valence-electron chi connectivity index (χ2n) is 3.89. The monoisotopic (exact) mass is 266 g/mol. The van der Waals surface area contributed by atoms with E-state index in [9.17, 15) is 0 Å². The number of nitrogens with zero attached hydrogens (tertiary/aromatic N) is 1. The highest BCUT2D eigenvalue weighted by Gasteiger charge is 2.03. The molecule has 4 heteroatoms. The van der Waals surface area contributed by atoms with Gasteiger partial charge in [-0.15, -0.1) is 11.3 Å². The van der Waals surface area contributed by atoms with E-state index in [-0.39, 0.29) is 0 Å². The third-order valence-corrected chi connectivity index (χ3v) is 3.65. The molecule has 17 heavy (non-hydrogen) atoms. The van der Waals surface area contributed by atoms with E-state index in [4.69, 9.17) is 11.6 Å². The van der Waals surface area contributed by atoms with Gasteiger partial charge >= 0.3 is 0 Å². The summed E-state index contributed by atoms with van der Waals surface area (Å²) in [6.45, 7) is 0.976. The van der Waals surface area contributed by atoms with Gasteiger partial charge in [-0.2, -0.15) is 0 Å². The zero-order chi connectivity index (χ0) is 12.1. The molecule has 1 N–H and O–H groups in total. The first-order valence-corrected chi connectivity index (χ1v) is 6.86. The van der Waals surface area contributed by atoms with Crippen LogP contribution >= 0.6 is 22.9 Å². The van der Waals surface area contributed by atoms with Gasteiger partial charge in [0, 0.05) is 29.8 Å². The molecule has 0 radical (unpaired) electrons. The number of nitrogens with one attached hydrogen (secondary N) is 1. The lowest BCUT2D eigenvalue weighted by Crippen LogP contribution is -2.10. The fourth-order valence-electron chi connectivity index (χ4n) is 1.57. The van der Waals surface area contributed by atoms with E-state index in [2.05, 4.69) is 27.8 Å². The van der Waals surface area contributed by atoms with Crippen molar-refractivity contribution >= 4 is 22.9 Å². The molecule has 2 aromatic rings. The summed E-state index contributed by atoms with van der Waals surface area (Å²) in [4.78, 5) is 4.61. The van der Waals surface area contributed by atoms with Crippen molar-refractivity contribution in [2.75, 3.05) is 13.6 Å². The second kappa shape index (κ2) is 6.15.